The average molecular weight is 613 g/mol. The Hall–Kier alpha value is -3.80. The van der Waals surface area contributed by atoms with E-state index in [1.807, 2.05) is 97.0 Å². The lowest BCUT2D eigenvalue weighted by molar-refractivity contribution is 0.00578. The minimum Gasteiger partial charge on any atom is -0.455 e. The normalized spacial score (nSPS) is 17.4. The molecule has 11 heteroatoms. The van der Waals surface area contributed by atoms with E-state index in [4.69, 9.17) is 19.0 Å². The van der Waals surface area contributed by atoms with Gasteiger partial charge in [0.05, 0.1) is 21.4 Å². The van der Waals surface area contributed by atoms with Crippen LogP contribution < -0.4 is 15.7 Å². The molecular weight excluding hydrogens is 575 g/mol. The molecule has 0 bridgehead atoms. The summed E-state index contributed by atoms with van der Waals surface area (Å²) in [7, 11) is -0.774. The molecule has 2 aliphatic heterocycles. The number of nitrogens with zero attached hydrogens (tertiary/aromatic N) is 3. The van der Waals surface area contributed by atoms with Crippen LogP contribution in [-0.2, 0) is 27.0 Å². The van der Waals surface area contributed by atoms with Gasteiger partial charge in [-0.3, -0.25) is 10.1 Å². The van der Waals surface area contributed by atoms with Crippen LogP contribution in [0.2, 0.25) is 0 Å². The second-order valence-electron chi connectivity index (χ2n) is 13.3. The third-order valence-electron chi connectivity index (χ3n) is 8.37. The van der Waals surface area contributed by atoms with Gasteiger partial charge in [0.1, 0.15) is 11.4 Å². The zero-order chi connectivity index (χ0) is 31.4. The number of carbonyl (C=O) groups is 2. The molecular formula is C33H37BN4O5S. The molecule has 4 heterocycles. The first-order valence-corrected chi connectivity index (χ1v) is 15.6. The van der Waals surface area contributed by atoms with Crippen molar-refractivity contribution in [2.45, 2.75) is 78.2 Å². The number of esters is 1. The molecule has 44 heavy (non-hydrogen) atoms. The second kappa shape index (κ2) is 11.0. The van der Waals surface area contributed by atoms with Gasteiger partial charge < -0.3 is 18.9 Å². The van der Waals surface area contributed by atoms with Crippen molar-refractivity contribution >= 4 is 57.0 Å². The summed E-state index contributed by atoms with van der Waals surface area (Å²) in [6, 6.07) is 17.3. The maximum absolute atomic E-state index is 13.5. The van der Waals surface area contributed by atoms with E-state index in [-0.39, 0.29) is 11.6 Å². The highest BCUT2D eigenvalue weighted by Gasteiger charge is 2.53. The first kappa shape index (κ1) is 30.2. The largest absolute Gasteiger partial charge is 0.497 e. The molecule has 2 aromatic carbocycles. The molecule has 228 valence electrons. The predicted octanol–water partition coefficient (Wildman–Crippen LogP) is 5.76. The van der Waals surface area contributed by atoms with Crippen molar-refractivity contribution in [3.05, 3.63) is 77.0 Å². The SMILES string of the molecule is CC(C)(C)OC(=O)c1nc(N2CCc3cccc(C(=O)Nc4nc5ccccc5s4)c3C2)ccc1B1OC(C)(C)C(C)(C)O1. The van der Waals surface area contributed by atoms with E-state index < -0.39 is 29.9 Å². The van der Waals surface area contributed by atoms with E-state index in [0.717, 1.165) is 27.8 Å². The number of rotatable bonds is 5. The van der Waals surface area contributed by atoms with Gasteiger partial charge in [0.15, 0.2) is 10.8 Å². The van der Waals surface area contributed by atoms with E-state index in [1.165, 1.54) is 11.3 Å². The van der Waals surface area contributed by atoms with Crippen LogP contribution in [-0.4, -0.2) is 52.3 Å². The predicted molar refractivity (Wildman–Crippen MR) is 174 cm³/mol. The molecule has 0 unspecified atom stereocenters. The summed E-state index contributed by atoms with van der Waals surface area (Å²) < 4.78 is 19.3. The molecule has 4 aromatic rings. The topological polar surface area (TPSA) is 103 Å². The highest BCUT2D eigenvalue weighted by Crippen LogP contribution is 2.37. The Kier molecular flexibility index (Phi) is 7.54. The number of fused-ring (bicyclic) bond motifs is 2. The Morgan fingerprint density at radius 2 is 1.70 bits per heavy atom. The fourth-order valence-corrected chi connectivity index (χ4v) is 6.23. The summed E-state index contributed by atoms with van der Waals surface area (Å²) in [5.74, 6) is -0.142. The Morgan fingerprint density at radius 1 is 0.977 bits per heavy atom. The zero-order valence-corrected chi connectivity index (χ0v) is 27.0. The van der Waals surface area contributed by atoms with Crippen molar-refractivity contribution in [3.63, 3.8) is 0 Å². The van der Waals surface area contributed by atoms with Gasteiger partial charge in [-0.25, -0.2) is 14.8 Å². The van der Waals surface area contributed by atoms with Gasteiger partial charge >= 0.3 is 13.1 Å². The Labute approximate surface area is 262 Å². The Balaban J connectivity index is 1.30. The lowest BCUT2D eigenvalue weighted by atomic mass is 9.77. The molecule has 2 aliphatic rings. The second-order valence-corrected chi connectivity index (χ2v) is 14.3. The van der Waals surface area contributed by atoms with E-state index in [2.05, 4.69) is 21.3 Å². The first-order valence-electron chi connectivity index (χ1n) is 14.8. The van der Waals surface area contributed by atoms with Gasteiger partial charge in [0.2, 0.25) is 0 Å². The number of aromatic nitrogens is 2. The van der Waals surface area contributed by atoms with Gasteiger partial charge in [-0.15, -0.1) is 0 Å². The van der Waals surface area contributed by atoms with Crippen LogP contribution in [0, 0.1) is 0 Å². The third kappa shape index (κ3) is 5.83. The summed E-state index contributed by atoms with van der Waals surface area (Å²) in [6.45, 7) is 14.5. The fourth-order valence-electron chi connectivity index (χ4n) is 5.37. The number of nitrogens with one attached hydrogen (secondary N) is 1. The molecule has 6 rings (SSSR count). The lowest BCUT2D eigenvalue weighted by Gasteiger charge is -2.32. The molecule has 0 atom stereocenters. The minimum atomic E-state index is -0.774. The van der Waals surface area contributed by atoms with Gasteiger partial charge in [0.25, 0.3) is 5.91 Å². The molecule has 1 saturated heterocycles. The van der Waals surface area contributed by atoms with Crippen LogP contribution in [0.15, 0.2) is 54.6 Å². The van der Waals surface area contributed by atoms with Crippen LogP contribution in [0.1, 0.15) is 80.4 Å². The third-order valence-corrected chi connectivity index (χ3v) is 9.32. The smallest absolute Gasteiger partial charge is 0.455 e. The van der Waals surface area contributed by atoms with Crippen molar-refractivity contribution < 1.29 is 23.6 Å². The number of amides is 1. The maximum atomic E-state index is 13.5. The molecule has 1 fully saturated rings. The van der Waals surface area contributed by atoms with Crippen LogP contribution >= 0.6 is 11.3 Å². The quantitative estimate of drug-likeness (QED) is 0.224. The molecule has 0 aliphatic carbocycles. The Morgan fingerprint density at radius 3 is 2.41 bits per heavy atom. The highest BCUT2D eigenvalue weighted by molar-refractivity contribution is 7.22. The number of para-hydroxylation sites is 1. The molecule has 1 N–H and O–H groups in total. The minimum absolute atomic E-state index is 0.156. The number of anilines is 2. The first-order chi connectivity index (χ1) is 20.7. The number of pyridine rings is 1. The number of ether oxygens (including phenoxy) is 1. The summed E-state index contributed by atoms with van der Waals surface area (Å²) >= 11 is 1.45. The number of carbonyl (C=O) groups excluding carboxylic acids is 2. The summed E-state index contributed by atoms with van der Waals surface area (Å²) in [4.78, 5) is 38.5. The van der Waals surface area contributed by atoms with Crippen molar-refractivity contribution in [3.8, 4) is 0 Å². The van der Waals surface area contributed by atoms with E-state index in [1.54, 1.807) is 0 Å². The van der Waals surface area contributed by atoms with Crippen molar-refractivity contribution in [2.24, 2.45) is 0 Å². The number of hydrogen-bond acceptors (Lipinski definition) is 9. The van der Waals surface area contributed by atoms with E-state index in [0.29, 0.717) is 35.1 Å². The molecule has 0 radical (unpaired) electrons. The summed E-state index contributed by atoms with van der Waals surface area (Å²) in [5, 5.41) is 3.55. The lowest BCUT2D eigenvalue weighted by Crippen LogP contribution is -2.41. The van der Waals surface area contributed by atoms with Crippen LogP contribution in [0.3, 0.4) is 0 Å². The Bertz CT molecular complexity index is 1710. The van der Waals surface area contributed by atoms with Crippen molar-refractivity contribution in [1.82, 2.24) is 9.97 Å². The van der Waals surface area contributed by atoms with E-state index in [9.17, 15) is 9.59 Å². The fraction of sp³-hybridized carbons (Fsp3) is 0.394. The monoisotopic (exact) mass is 612 g/mol. The van der Waals surface area contributed by atoms with Crippen molar-refractivity contribution in [1.29, 1.82) is 0 Å². The number of hydrogen-bond donors (Lipinski definition) is 1. The van der Waals surface area contributed by atoms with Gasteiger partial charge in [0, 0.05) is 24.1 Å². The summed E-state index contributed by atoms with van der Waals surface area (Å²) in [6.07, 6.45) is 0.722. The highest BCUT2D eigenvalue weighted by atomic mass is 32.1. The van der Waals surface area contributed by atoms with Crippen molar-refractivity contribution in [2.75, 3.05) is 16.8 Å². The average Bonchev–Trinajstić information content (AvgIpc) is 3.46. The molecule has 1 amide bonds. The molecule has 2 aromatic heterocycles. The standard InChI is InChI=1S/C33H37BN4O5S/c1-31(2,3)41-29(40)27-23(34-42-32(4,5)33(6,7)43-34)15-16-26(36-27)38-18-17-20-11-10-12-21(22(20)19-38)28(39)37-30-35-24-13-8-9-14-25(24)44-30/h8-16H,17-19H2,1-7H3,(H,35,37,39). The zero-order valence-electron chi connectivity index (χ0n) is 26.2. The number of benzene rings is 2. The molecule has 0 saturated carbocycles. The summed E-state index contributed by atoms with van der Waals surface area (Å²) in [5.41, 5.74) is 2.28. The van der Waals surface area contributed by atoms with Crippen LogP contribution in [0.5, 0.6) is 0 Å². The number of thiazole rings is 1. The maximum Gasteiger partial charge on any atom is 0.497 e. The molecule has 0 spiro atoms. The van der Waals surface area contributed by atoms with Crippen LogP contribution in [0.4, 0.5) is 10.9 Å². The van der Waals surface area contributed by atoms with Gasteiger partial charge in [-0.1, -0.05) is 41.7 Å². The van der Waals surface area contributed by atoms with Gasteiger partial charge in [-0.05, 0) is 90.3 Å². The van der Waals surface area contributed by atoms with E-state index >= 15 is 0 Å². The van der Waals surface area contributed by atoms with Crippen LogP contribution in [0.25, 0.3) is 10.2 Å². The van der Waals surface area contributed by atoms with Gasteiger partial charge in [-0.2, -0.15) is 0 Å². The molecule has 9 nitrogen and oxygen atoms in total.